The Kier molecular flexibility index (Phi) is 8.79. The summed E-state index contributed by atoms with van der Waals surface area (Å²) >= 11 is 0. The molecule has 0 fully saturated rings. The van der Waals surface area contributed by atoms with Crippen molar-refractivity contribution in [2.24, 2.45) is 0 Å². The standard InChI is InChI=1S/C28H31N5O5S2/c1-19-6-8-20(9-7-19)24-25(33-40(35,36)23-12-10-21(11-13-23)28(2,3)4)31-18-32-26(24)37-14-15-38-27-29-16-22(17-30-27)39(5)34/h6-13,16-18H,14-15H2,1-5H3,(H,31,32,33). The lowest BCUT2D eigenvalue weighted by Crippen LogP contribution is -2.17. The molecule has 4 rings (SSSR count). The molecule has 2 aromatic heterocycles. The highest BCUT2D eigenvalue weighted by Gasteiger charge is 2.22. The van der Waals surface area contributed by atoms with Gasteiger partial charge in [-0.2, -0.15) is 0 Å². The number of anilines is 1. The number of ether oxygens (including phenoxy) is 2. The molecule has 0 aliphatic heterocycles. The third kappa shape index (κ3) is 7.19. The fourth-order valence-electron chi connectivity index (χ4n) is 3.66. The first-order chi connectivity index (χ1) is 18.9. The van der Waals surface area contributed by atoms with Gasteiger partial charge in [-0.3, -0.25) is 8.93 Å². The van der Waals surface area contributed by atoms with E-state index in [2.05, 4.69) is 45.4 Å². The Hall–Kier alpha value is -3.90. The first-order valence-electron chi connectivity index (χ1n) is 12.4. The van der Waals surface area contributed by atoms with Crippen LogP contribution < -0.4 is 14.2 Å². The highest BCUT2D eigenvalue weighted by Crippen LogP contribution is 2.35. The predicted molar refractivity (Wildman–Crippen MR) is 154 cm³/mol. The average molecular weight is 582 g/mol. The van der Waals surface area contributed by atoms with Gasteiger partial charge in [0, 0.05) is 6.26 Å². The summed E-state index contributed by atoms with van der Waals surface area (Å²) in [6, 6.07) is 14.4. The second kappa shape index (κ2) is 12.1. The van der Waals surface area contributed by atoms with Crippen LogP contribution in [0.2, 0.25) is 0 Å². The van der Waals surface area contributed by atoms with Crippen LogP contribution in [0.4, 0.5) is 5.82 Å². The van der Waals surface area contributed by atoms with Gasteiger partial charge >= 0.3 is 6.01 Å². The van der Waals surface area contributed by atoms with Crippen molar-refractivity contribution >= 4 is 26.6 Å². The van der Waals surface area contributed by atoms with E-state index in [0.717, 1.165) is 11.1 Å². The predicted octanol–water partition coefficient (Wildman–Crippen LogP) is 4.54. The highest BCUT2D eigenvalue weighted by molar-refractivity contribution is 7.92. The number of nitrogens with one attached hydrogen (secondary N) is 1. The minimum Gasteiger partial charge on any atom is -0.473 e. The third-order valence-electron chi connectivity index (χ3n) is 5.90. The van der Waals surface area contributed by atoms with Crippen molar-refractivity contribution in [1.82, 2.24) is 19.9 Å². The molecule has 2 aromatic carbocycles. The molecule has 12 heteroatoms. The summed E-state index contributed by atoms with van der Waals surface area (Å²) in [6.07, 6.45) is 5.65. The van der Waals surface area contributed by atoms with Gasteiger partial charge in [0.15, 0.2) is 5.82 Å². The van der Waals surface area contributed by atoms with Crippen LogP contribution in [-0.4, -0.2) is 52.0 Å². The Morgan fingerprint density at radius 1 is 0.875 bits per heavy atom. The van der Waals surface area contributed by atoms with Gasteiger partial charge in [-0.05, 0) is 35.6 Å². The second-order valence-electron chi connectivity index (χ2n) is 10.0. The molecule has 210 valence electrons. The van der Waals surface area contributed by atoms with Crippen molar-refractivity contribution in [2.45, 2.75) is 42.9 Å². The second-order valence-corrected chi connectivity index (χ2v) is 13.1. The quantitative estimate of drug-likeness (QED) is 0.268. The van der Waals surface area contributed by atoms with Crippen LogP contribution in [0.3, 0.4) is 0 Å². The molecule has 0 bridgehead atoms. The van der Waals surface area contributed by atoms with Gasteiger partial charge in [0.1, 0.15) is 19.5 Å². The SMILES string of the molecule is Cc1ccc(-c2c(NS(=O)(=O)c3ccc(C(C)(C)C)cc3)ncnc2OCCOc2ncc(S(C)=O)cn2)cc1. The molecule has 0 saturated heterocycles. The molecule has 10 nitrogen and oxygen atoms in total. The zero-order chi connectivity index (χ0) is 28.9. The van der Waals surface area contributed by atoms with Gasteiger partial charge in [-0.25, -0.2) is 28.4 Å². The summed E-state index contributed by atoms with van der Waals surface area (Å²) in [4.78, 5) is 17.2. The molecular formula is C28H31N5O5S2. The fourth-order valence-corrected chi connectivity index (χ4v) is 5.08. The van der Waals surface area contributed by atoms with Crippen LogP contribution >= 0.6 is 0 Å². The van der Waals surface area contributed by atoms with E-state index in [1.165, 1.54) is 25.0 Å². The van der Waals surface area contributed by atoms with Gasteiger partial charge in [0.05, 0.1) is 38.5 Å². The molecular weight excluding hydrogens is 550 g/mol. The number of hydrogen-bond donors (Lipinski definition) is 1. The molecule has 0 spiro atoms. The van der Waals surface area contributed by atoms with E-state index in [9.17, 15) is 12.6 Å². The zero-order valence-electron chi connectivity index (χ0n) is 22.9. The molecule has 0 amide bonds. The summed E-state index contributed by atoms with van der Waals surface area (Å²) < 4.78 is 52.2. The van der Waals surface area contributed by atoms with Crippen LogP contribution in [0.25, 0.3) is 11.1 Å². The van der Waals surface area contributed by atoms with Crippen LogP contribution in [0.1, 0.15) is 31.9 Å². The van der Waals surface area contributed by atoms with Gasteiger partial charge in [-0.15, -0.1) is 0 Å². The summed E-state index contributed by atoms with van der Waals surface area (Å²) in [5.41, 5.74) is 3.02. The number of benzene rings is 2. The maximum absolute atomic E-state index is 13.3. The molecule has 0 aliphatic carbocycles. The number of hydrogen-bond acceptors (Lipinski definition) is 9. The van der Waals surface area contributed by atoms with Crippen molar-refractivity contribution in [3.8, 4) is 23.0 Å². The Labute approximate surface area is 236 Å². The summed E-state index contributed by atoms with van der Waals surface area (Å²) in [7, 11) is -5.15. The first-order valence-corrected chi connectivity index (χ1v) is 15.4. The van der Waals surface area contributed by atoms with Crippen molar-refractivity contribution < 1.29 is 22.1 Å². The van der Waals surface area contributed by atoms with Crippen molar-refractivity contribution in [3.63, 3.8) is 0 Å². The van der Waals surface area contributed by atoms with Crippen molar-refractivity contribution in [2.75, 3.05) is 24.2 Å². The number of nitrogens with zero attached hydrogens (tertiary/aromatic N) is 4. The first kappa shape index (κ1) is 29.1. The van der Waals surface area contributed by atoms with E-state index in [-0.39, 0.29) is 41.2 Å². The minimum absolute atomic E-state index is 0.0706. The molecule has 1 unspecified atom stereocenters. The summed E-state index contributed by atoms with van der Waals surface area (Å²) in [5, 5.41) is 0. The lowest BCUT2D eigenvalue weighted by atomic mass is 9.87. The number of aryl methyl sites for hydroxylation is 1. The maximum Gasteiger partial charge on any atom is 0.316 e. The van der Waals surface area contributed by atoms with Gasteiger partial charge < -0.3 is 9.47 Å². The highest BCUT2D eigenvalue weighted by atomic mass is 32.2. The largest absolute Gasteiger partial charge is 0.473 e. The van der Waals surface area contributed by atoms with Gasteiger partial charge in [0.2, 0.25) is 5.88 Å². The lowest BCUT2D eigenvalue weighted by molar-refractivity contribution is 0.201. The molecule has 2 heterocycles. The Morgan fingerprint density at radius 3 is 2.10 bits per heavy atom. The van der Waals surface area contributed by atoms with E-state index < -0.39 is 20.8 Å². The van der Waals surface area contributed by atoms with E-state index >= 15 is 0 Å². The van der Waals surface area contributed by atoms with Crippen LogP contribution in [0, 0.1) is 6.92 Å². The monoisotopic (exact) mass is 581 g/mol. The Balaban J connectivity index is 1.57. The molecule has 0 radical (unpaired) electrons. The van der Waals surface area contributed by atoms with E-state index in [4.69, 9.17) is 9.47 Å². The number of aromatic nitrogens is 4. The normalized spacial score (nSPS) is 12.5. The zero-order valence-corrected chi connectivity index (χ0v) is 24.5. The topological polar surface area (TPSA) is 133 Å². The number of rotatable bonds is 10. The number of sulfonamides is 1. The van der Waals surface area contributed by atoms with E-state index in [1.807, 2.05) is 43.3 Å². The summed E-state index contributed by atoms with van der Waals surface area (Å²) in [5.74, 6) is 0.266. The van der Waals surface area contributed by atoms with Gasteiger partial charge in [0.25, 0.3) is 10.0 Å². The van der Waals surface area contributed by atoms with E-state index in [1.54, 1.807) is 12.1 Å². The third-order valence-corrected chi connectivity index (χ3v) is 8.13. The van der Waals surface area contributed by atoms with Crippen LogP contribution in [0.5, 0.6) is 11.9 Å². The molecule has 0 aliphatic rings. The van der Waals surface area contributed by atoms with Crippen molar-refractivity contribution in [1.29, 1.82) is 0 Å². The smallest absolute Gasteiger partial charge is 0.316 e. The maximum atomic E-state index is 13.3. The molecule has 1 N–H and O–H groups in total. The molecule has 0 saturated carbocycles. The Morgan fingerprint density at radius 2 is 1.50 bits per heavy atom. The van der Waals surface area contributed by atoms with Crippen LogP contribution in [0.15, 0.2) is 77.0 Å². The molecule has 40 heavy (non-hydrogen) atoms. The Bertz CT molecular complexity index is 1590. The average Bonchev–Trinajstić information content (AvgIpc) is 2.91. The van der Waals surface area contributed by atoms with Crippen molar-refractivity contribution in [3.05, 3.63) is 78.4 Å². The fraction of sp³-hybridized carbons (Fsp3) is 0.286. The van der Waals surface area contributed by atoms with E-state index in [0.29, 0.717) is 16.0 Å². The van der Waals surface area contributed by atoms with Gasteiger partial charge in [-0.1, -0.05) is 62.7 Å². The summed E-state index contributed by atoms with van der Waals surface area (Å²) in [6.45, 7) is 8.31. The molecule has 4 aromatic rings. The minimum atomic E-state index is -3.96. The molecule has 1 atom stereocenters. The van der Waals surface area contributed by atoms with Crippen LogP contribution in [-0.2, 0) is 26.2 Å². The lowest BCUT2D eigenvalue weighted by Gasteiger charge is -2.19.